The summed E-state index contributed by atoms with van der Waals surface area (Å²) < 4.78 is 3.56. The van der Waals surface area contributed by atoms with Gasteiger partial charge in [0.25, 0.3) is 5.91 Å². The van der Waals surface area contributed by atoms with Crippen LogP contribution in [-0.2, 0) is 24.8 Å². The van der Waals surface area contributed by atoms with Gasteiger partial charge in [-0.05, 0) is 31.6 Å². The third-order valence-electron chi connectivity index (χ3n) is 4.90. The molecule has 1 fully saturated rings. The van der Waals surface area contributed by atoms with Gasteiger partial charge in [0.1, 0.15) is 5.69 Å². The number of carbonyl (C=O) groups is 2. The first-order valence-electron chi connectivity index (χ1n) is 8.73. The minimum absolute atomic E-state index is 0.0489. The summed E-state index contributed by atoms with van der Waals surface area (Å²) in [5.41, 5.74) is 1.31. The molecule has 3 heterocycles. The monoisotopic (exact) mass is 342 g/mol. The van der Waals surface area contributed by atoms with Crippen LogP contribution in [0.25, 0.3) is 0 Å². The number of amides is 2. The molecule has 2 amide bonds. The van der Waals surface area contributed by atoms with E-state index in [1.54, 1.807) is 30.3 Å². The molecule has 0 saturated heterocycles. The van der Waals surface area contributed by atoms with Gasteiger partial charge in [0.15, 0.2) is 5.82 Å². The molecule has 2 aromatic heterocycles. The zero-order valence-corrected chi connectivity index (χ0v) is 14.2. The zero-order valence-electron chi connectivity index (χ0n) is 14.2. The lowest BCUT2D eigenvalue weighted by molar-refractivity contribution is -0.126. The maximum absolute atomic E-state index is 12.4. The highest BCUT2D eigenvalue weighted by molar-refractivity contribution is 6.03. The van der Waals surface area contributed by atoms with Crippen LogP contribution in [0.5, 0.6) is 0 Å². The number of aryl methyl sites for hydroxylation is 1. The van der Waals surface area contributed by atoms with Gasteiger partial charge >= 0.3 is 0 Å². The molecule has 0 aromatic carbocycles. The summed E-state index contributed by atoms with van der Waals surface area (Å²) in [6.07, 6.45) is 7.29. The Kier molecular flexibility index (Phi) is 4.03. The predicted octanol–water partition coefficient (Wildman–Crippen LogP) is 0.957. The van der Waals surface area contributed by atoms with Crippen molar-refractivity contribution in [3.63, 3.8) is 0 Å². The number of nitrogens with one attached hydrogen (secondary N) is 2. The highest BCUT2D eigenvalue weighted by Crippen LogP contribution is 2.28. The number of aromatic nitrogens is 4. The first-order chi connectivity index (χ1) is 12.1. The van der Waals surface area contributed by atoms with Crippen LogP contribution in [0.4, 0.5) is 5.82 Å². The SMILES string of the molecule is Cn1ccc(NC(=O)c2ncn3c2CCC(C(=O)NCC2CC2)C3)n1. The number of imidazole rings is 1. The molecule has 8 nitrogen and oxygen atoms in total. The van der Waals surface area contributed by atoms with Crippen LogP contribution in [0.3, 0.4) is 0 Å². The second kappa shape index (κ2) is 6.34. The number of nitrogens with zero attached hydrogens (tertiary/aromatic N) is 4. The molecule has 2 aromatic rings. The Labute approximate surface area is 145 Å². The minimum atomic E-state index is -0.260. The van der Waals surface area contributed by atoms with Gasteiger partial charge in [-0.1, -0.05) is 0 Å². The maximum atomic E-state index is 12.4. The molecule has 25 heavy (non-hydrogen) atoms. The van der Waals surface area contributed by atoms with Crippen molar-refractivity contribution in [2.75, 3.05) is 11.9 Å². The fraction of sp³-hybridized carbons (Fsp3) is 0.529. The lowest BCUT2D eigenvalue weighted by Crippen LogP contribution is -2.37. The van der Waals surface area contributed by atoms with Crippen LogP contribution < -0.4 is 10.6 Å². The van der Waals surface area contributed by atoms with Crippen molar-refractivity contribution < 1.29 is 9.59 Å². The molecule has 132 valence electrons. The summed E-state index contributed by atoms with van der Waals surface area (Å²) in [5, 5.41) is 9.95. The largest absolute Gasteiger partial charge is 0.356 e. The van der Waals surface area contributed by atoms with Gasteiger partial charge in [-0.3, -0.25) is 14.3 Å². The zero-order chi connectivity index (χ0) is 17.4. The Hall–Kier alpha value is -2.64. The molecule has 1 unspecified atom stereocenters. The Bertz CT molecular complexity index is 804. The molecule has 1 atom stereocenters. The topological polar surface area (TPSA) is 93.8 Å². The van der Waals surface area contributed by atoms with E-state index < -0.39 is 0 Å². The first-order valence-corrected chi connectivity index (χ1v) is 8.73. The summed E-state index contributed by atoms with van der Waals surface area (Å²) in [5.74, 6) is 0.989. The minimum Gasteiger partial charge on any atom is -0.356 e. The van der Waals surface area contributed by atoms with E-state index in [9.17, 15) is 9.59 Å². The summed E-state index contributed by atoms with van der Waals surface area (Å²) in [4.78, 5) is 29.0. The van der Waals surface area contributed by atoms with Gasteiger partial charge in [-0.15, -0.1) is 0 Å². The van der Waals surface area contributed by atoms with Gasteiger partial charge in [0.05, 0.1) is 17.9 Å². The van der Waals surface area contributed by atoms with E-state index in [1.165, 1.54) is 12.8 Å². The van der Waals surface area contributed by atoms with Gasteiger partial charge in [0.2, 0.25) is 5.91 Å². The summed E-state index contributed by atoms with van der Waals surface area (Å²) in [6.45, 7) is 1.37. The van der Waals surface area contributed by atoms with E-state index >= 15 is 0 Å². The third kappa shape index (κ3) is 3.42. The molecule has 4 rings (SSSR count). The highest BCUT2D eigenvalue weighted by atomic mass is 16.2. The van der Waals surface area contributed by atoms with Crippen molar-refractivity contribution in [3.05, 3.63) is 30.0 Å². The molecule has 0 spiro atoms. The average Bonchev–Trinajstić information content (AvgIpc) is 3.20. The van der Waals surface area contributed by atoms with Crippen molar-refractivity contribution in [1.29, 1.82) is 0 Å². The van der Waals surface area contributed by atoms with Crippen LogP contribution in [0.15, 0.2) is 18.6 Å². The number of hydrogen-bond acceptors (Lipinski definition) is 4. The van der Waals surface area contributed by atoms with Crippen LogP contribution in [0.2, 0.25) is 0 Å². The fourth-order valence-electron chi connectivity index (χ4n) is 3.24. The second-order valence-electron chi connectivity index (χ2n) is 6.95. The quantitative estimate of drug-likeness (QED) is 0.846. The predicted molar refractivity (Wildman–Crippen MR) is 90.9 cm³/mol. The van der Waals surface area contributed by atoms with Crippen molar-refractivity contribution in [2.45, 2.75) is 32.2 Å². The molecule has 0 bridgehead atoms. The van der Waals surface area contributed by atoms with Gasteiger partial charge < -0.3 is 15.2 Å². The number of rotatable bonds is 5. The highest BCUT2D eigenvalue weighted by Gasteiger charge is 2.30. The smallest absolute Gasteiger partial charge is 0.277 e. The van der Waals surface area contributed by atoms with Crippen LogP contribution >= 0.6 is 0 Å². The van der Waals surface area contributed by atoms with E-state index in [0.717, 1.165) is 18.7 Å². The summed E-state index contributed by atoms with van der Waals surface area (Å²) >= 11 is 0. The normalized spacial score (nSPS) is 19.3. The lowest BCUT2D eigenvalue weighted by Gasteiger charge is -2.23. The standard InChI is InChI=1S/C17H22N6O2/c1-22-7-6-14(21-22)20-17(25)15-13-5-4-12(9-23(13)10-19-15)16(24)18-8-11-2-3-11/h6-7,10-12H,2-5,8-9H2,1H3,(H,18,24)(H,20,21,25). The molecular weight excluding hydrogens is 320 g/mol. The number of carbonyl (C=O) groups excluding carboxylic acids is 2. The molecule has 2 aliphatic rings. The van der Waals surface area contributed by atoms with Crippen LogP contribution in [0.1, 0.15) is 35.4 Å². The van der Waals surface area contributed by atoms with E-state index in [4.69, 9.17) is 0 Å². The number of hydrogen-bond donors (Lipinski definition) is 2. The Morgan fingerprint density at radius 1 is 1.32 bits per heavy atom. The van der Waals surface area contributed by atoms with Gasteiger partial charge in [-0.2, -0.15) is 5.10 Å². The van der Waals surface area contributed by atoms with Crippen molar-refractivity contribution in [1.82, 2.24) is 24.6 Å². The van der Waals surface area contributed by atoms with Gasteiger partial charge in [-0.25, -0.2) is 4.98 Å². The molecule has 1 aliphatic carbocycles. The molecule has 8 heteroatoms. The van der Waals surface area contributed by atoms with Crippen molar-refractivity contribution >= 4 is 17.6 Å². The Morgan fingerprint density at radius 3 is 2.88 bits per heavy atom. The molecule has 1 aliphatic heterocycles. The molecule has 2 N–H and O–H groups in total. The number of fused-ring (bicyclic) bond motifs is 1. The third-order valence-corrected chi connectivity index (χ3v) is 4.90. The Morgan fingerprint density at radius 2 is 2.16 bits per heavy atom. The van der Waals surface area contributed by atoms with E-state index in [2.05, 4.69) is 20.7 Å². The molecule has 0 radical (unpaired) electrons. The first kappa shape index (κ1) is 15.9. The van der Waals surface area contributed by atoms with E-state index in [0.29, 0.717) is 30.4 Å². The summed E-state index contributed by atoms with van der Waals surface area (Å²) in [7, 11) is 1.79. The fourth-order valence-corrected chi connectivity index (χ4v) is 3.24. The summed E-state index contributed by atoms with van der Waals surface area (Å²) in [6, 6.07) is 1.74. The van der Waals surface area contributed by atoms with E-state index in [1.807, 2.05) is 4.57 Å². The molecular formula is C17H22N6O2. The van der Waals surface area contributed by atoms with E-state index in [-0.39, 0.29) is 17.7 Å². The van der Waals surface area contributed by atoms with Crippen molar-refractivity contribution in [2.24, 2.45) is 18.9 Å². The second-order valence-corrected chi connectivity index (χ2v) is 6.95. The van der Waals surface area contributed by atoms with Crippen molar-refractivity contribution in [3.8, 4) is 0 Å². The Balaban J connectivity index is 1.40. The van der Waals surface area contributed by atoms with Crippen LogP contribution in [0, 0.1) is 11.8 Å². The van der Waals surface area contributed by atoms with Crippen LogP contribution in [-0.4, -0.2) is 37.7 Å². The maximum Gasteiger partial charge on any atom is 0.277 e. The van der Waals surface area contributed by atoms with Gasteiger partial charge in [0, 0.05) is 32.4 Å². The molecule has 1 saturated carbocycles. The number of anilines is 1. The lowest BCUT2D eigenvalue weighted by atomic mass is 9.96. The average molecular weight is 342 g/mol.